The maximum atomic E-state index is 12.7. The van der Waals surface area contributed by atoms with Gasteiger partial charge >= 0.3 is 0 Å². The molecule has 0 unspecified atom stereocenters. The highest BCUT2D eigenvalue weighted by atomic mass is 16.6. The first kappa shape index (κ1) is 26.9. The number of aromatic hydroxyl groups is 1. The Morgan fingerprint density at radius 1 is 1.08 bits per heavy atom. The summed E-state index contributed by atoms with van der Waals surface area (Å²) in [5.74, 6) is 0.327. The van der Waals surface area contributed by atoms with Gasteiger partial charge in [-0.2, -0.15) is 5.10 Å². The molecule has 0 aromatic heterocycles. The first-order chi connectivity index (χ1) is 18.9. The Morgan fingerprint density at radius 2 is 1.79 bits per heavy atom. The summed E-state index contributed by atoms with van der Waals surface area (Å²) in [6.07, 6.45) is 3.69. The molecule has 0 aliphatic rings. The number of nitro groups is 1. The topological polar surface area (TPSA) is 123 Å². The average Bonchev–Trinajstić information content (AvgIpc) is 2.92. The van der Waals surface area contributed by atoms with Crippen LogP contribution in [0.1, 0.15) is 34.0 Å². The van der Waals surface area contributed by atoms with E-state index >= 15 is 0 Å². The lowest BCUT2D eigenvalue weighted by Crippen LogP contribution is -2.17. The molecule has 0 radical (unpaired) electrons. The van der Waals surface area contributed by atoms with Crippen LogP contribution in [0.25, 0.3) is 10.8 Å². The molecule has 4 aromatic carbocycles. The van der Waals surface area contributed by atoms with Crippen molar-refractivity contribution < 1.29 is 24.3 Å². The number of benzene rings is 4. The lowest BCUT2D eigenvalue weighted by Gasteiger charge is -2.17. The van der Waals surface area contributed by atoms with Crippen LogP contribution in [0.2, 0.25) is 0 Å². The predicted molar refractivity (Wildman–Crippen MR) is 150 cm³/mol. The van der Waals surface area contributed by atoms with Crippen LogP contribution in [0.15, 0.2) is 90.6 Å². The molecule has 0 saturated carbocycles. The van der Waals surface area contributed by atoms with Gasteiger partial charge in [-0.15, -0.1) is 6.58 Å². The summed E-state index contributed by atoms with van der Waals surface area (Å²) in [6, 6.07) is 20.3. The van der Waals surface area contributed by atoms with Gasteiger partial charge in [0.25, 0.3) is 11.6 Å². The molecule has 4 aromatic rings. The Morgan fingerprint density at radius 3 is 2.46 bits per heavy atom. The van der Waals surface area contributed by atoms with E-state index in [0.29, 0.717) is 30.1 Å². The molecule has 0 atom stereocenters. The number of amides is 1. The third-order valence-electron chi connectivity index (χ3n) is 5.84. The van der Waals surface area contributed by atoms with E-state index in [2.05, 4.69) is 17.1 Å². The molecule has 0 aliphatic heterocycles. The summed E-state index contributed by atoms with van der Waals surface area (Å²) in [7, 11) is 0. The summed E-state index contributed by atoms with van der Waals surface area (Å²) >= 11 is 0. The van der Waals surface area contributed by atoms with Gasteiger partial charge in [0.05, 0.1) is 23.3 Å². The highest BCUT2D eigenvalue weighted by Crippen LogP contribution is 2.34. The van der Waals surface area contributed by atoms with Crippen molar-refractivity contribution >= 4 is 28.6 Å². The number of rotatable bonds is 11. The number of nitro benzene ring substituents is 1. The zero-order valence-electron chi connectivity index (χ0n) is 21.3. The summed E-state index contributed by atoms with van der Waals surface area (Å²) in [5, 5.41) is 26.9. The molecule has 0 bridgehead atoms. The molecule has 9 heteroatoms. The van der Waals surface area contributed by atoms with Gasteiger partial charge in [0.1, 0.15) is 12.4 Å². The largest absolute Gasteiger partial charge is 0.507 e. The first-order valence-corrected chi connectivity index (χ1v) is 12.2. The zero-order valence-corrected chi connectivity index (χ0v) is 21.3. The number of fused-ring (bicyclic) bond motifs is 1. The number of phenolic OH excluding ortho intramolecular Hbond substituents is 1. The molecule has 0 spiro atoms. The second-order valence-electron chi connectivity index (χ2n) is 8.56. The number of carbonyl (C=O) groups excluding carboxylic acids is 1. The molecular weight excluding hydrogens is 498 g/mol. The van der Waals surface area contributed by atoms with Gasteiger partial charge in [0, 0.05) is 17.7 Å². The molecule has 0 fully saturated rings. The lowest BCUT2D eigenvalue weighted by atomic mass is 10.1. The molecule has 0 heterocycles. The minimum atomic E-state index is -0.547. The van der Waals surface area contributed by atoms with Crippen molar-refractivity contribution in [2.24, 2.45) is 5.10 Å². The van der Waals surface area contributed by atoms with Crippen LogP contribution in [0.5, 0.6) is 17.2 Å². The van der Waals surface area contributed by atoms with Gasteiger partial charge in [-0.3, -0.25) is 14.9 Å². The Labute approximate surface area is 225 Å². The highest BCUT2D eigenvalue weighted by Gasteiger charge is 2.15. The number of carbonyl (C=O) groups is 1. The van der Waals surface area contributed by atoms with Crippen molar-refractivity contribution in [2.75, 3.05) is 6.61 Å². The second-order valence-corrected chi connectivity index (χ2v) is 8.56. The first-order valence-electron chi connectivity index (χ1n) is 12.2. The normalized spacial score (nSPS) is 10.9. The molecule has 0 saturated heterocycles. The van der Waals surface area contributed by atoms with Crippen LogP contribution in [-0.4, -0.2) is 28.8 Å². The van der Waals surface area contributed by atoms with Crippen LogP contribution in [0.4, 0.5) is 5.69 Å². The molecule has 4 rings (SSSR count). The van der Waals surface area contributed by atoms with E-state index in [4.69, 9.17) is 9.47 Å². The summed E-state index contributed by atoms with van der Waals surface area (Å²) in [6.45, 7) is 6.24. The van der Waals surface area contributed by atoms with Crippen molar-refractivity contribution in [1.29, 1.82) is 0 Å². The Hall–Kier alpha value is -5.18. The van der Waals surface area contributed by atoms with Crippen molar-refractivity contribution in [3.63, 3.8) is 0 Å². The fourth-order valence-electron chi connectivity index (χ4n) is 4.00. The highest BCUT2D eigenvalue weighted by molar-refractivity contribution is 6.01. The number of hydrogen-bond acceptors (Lipinski definition) is 7. The smallest absolute Gasteiger partial charge is 0.275 e. The van der Waals surface area contributed by atoms with Gasteiger partial charge in [-0.05, 0) is 71.6 Å². The number of non-ortho nitro benzene ring substituents is 1. The van der Waals surface area contributed by atoms with E-state index < -0.39 is 10.8 Å². The van der Waals surface area contributed by atoms with Crippen molar-refractivity contribution in [3.05, 3.63) is 118 Å². The third-order valence-corrected chi connectivity index (χ3v) is 5.84. The maximum Gasteiger partial charge on any atom is 0.275 e. The summed E-state index contributed by atoms with van der Waals surface area (Å²) < 4.78 is 11.9. The number of nitrogens with zero attached hydrogens (tertiary/aromatic N) is 2. The Balaban J connectivity index is 1.53. The van der Waals surface area contributed by atoms with Gasteiger partial charge in [0.15, 0.2) is 11.5 Å². The van der Waals surface area contributed by atoms with Gasteiger partial charge < -0.3 is 14.6 Å². The fraction of sp³-hybridized carbons (Fsp3) is 0.133. The number of hydrazone groups is 1. The van der Waals surface area contributed by atoms with Gasteiger partial charge in [-0.25, -0.2) is 5.43 Å². The minimum absolute atomic E-state index is 0.00709. The van der Waals surface area contributed by atoms with Crippen molar-refractivity contribution in [2.45, 2.75) is 20.0 Å². The van der Waals surface area contributed by atoms with E-state index in [1.54, 1.807) is 36.4 Å². The molecule has 0 aliphatic carbocycles. The standard InChI is InChI=1S/C30H27N3O6/c1-3-7-24-14-21(18-31-32-30(35)26-16-22-8-5-6-9-23(22)17-27(26)34)15-28(38-4-2)29(24)39-19-20-10-12-25(13-11-20)33(36)37/h3,5-6,8-18,34H,1,4,7,19H2,2H3,(H,32,35). The van der Waals surface area contributed by atoms with Crippen LogP contribution < -0.4 is 14.9 Å². The summed E-state index contributed by atoms with van der Waals surface area (Å²) in [4.78, 5) is 23.1. The number of ether oxygens (including phenoxy) is 2. The van der Waals surface area contributed by atoms with Crippen LogP contribution in [0.3, 0.4) is 0 Å². The molecule has 2 N–H and O–H groups in total. The van der Waals surface area contributed by atoms with Crippen molar-refractivity contribution in [3.8, 4) is 17.2 Å². The third kappa shape index (κ3) is 6.58. The predicted octanol–water partition coefficient (Wildman–Crippen LogP) is 5.92. The SMILES string of the molecule is C=CCc1cc(C=NNC(=O)c2cc3ccccc3cc2O)cc(OCC)c1OCc1ccc([N+](=O)[O-])cc1. The number of nitrogens with one attached hydrogen (secondary N) is 1. The molecule has 198 valence electrons. The van der Waals surface area contributed by atoms with E-state index in [1.807, 2.05) is 37.3 Å². The number of phenols is 1. The zero-order chi connectivity index (χ0) is 27.8. The monoisotopic (exact) mass is 525 g/mol. The fourth-order valence-corrected chi connectivity index (χ4v) is 4.00. The lowest BCUT2D eigenvalue weighted by molar-refractivity contribution is -0.384. The van der Waals surface area contributed by atoms with E-state index in [9.17, 15) is 20.0 Å². The Bertz CT molecular complexity index is 1550. The van der Waals surface area contributed by atoms with E-state index in [-0.39, 0.29) is 23.6 Å². The Kier molecular flexibility index (Phi) is 8.53. The number of allylic oxidation sites excluding steroid dienone is 1. The quantitative estimate of drug-likeness (QED) is 0.108. The van der Waals surface area contributed by atoms with E-state index in [1.165, 1.54) is 18.3 Å². The van der Waals surface area contributed by atoms with Crippen LogP contribution >= 0.6 is 0 Å². The van der Waals surface area contributed by atoms with Gasteiger partial charge in [0.2, 0.25) is 0 Å². The average molecular weight is 526 g/mol. The molecular formula is C30H27N3O6. The van der Waals surface area contributed by atoms with Crippen LogP contribution in [0, 0.1) is 10.1 Å². The molecule has 9 nitrogen and oxygen atoms in total. The molecule has 39 heavy (non-hydrogen) atoms. The number of hydrogen-bond donors (Lipinski definition) is 2. The second kappa shape index (κ2) is 12.4. The van der Waals surface area contributed by atoms with Gasteiger partial charge in [-0.1, -0.05) is 30.3 Å². The minimum Gasteiger partial charge on any atom is -0.507 e. The maximum absolute atomic E-state index is 12.7. The summed E-state index contributed by atoms with van der Waals surface area (Å²) in [5.41, 5.74) is 4.79. The van der Waals surface area contributed by atoms with Crippen molar-refractivity contribution in [1.82, 2.24) is 5.43 Å². The van der Waals surface area contributed by atoms with Crippen LogP contribution in [-0.2, 0) is 13.0 Å². The molecule has 1 amide bonds. The van der Waals surface area contributed by atoms with E-state index in [0.717, 1.165) is 21.9 Å².